The minimum atomic E-state index is 0.166. The molecule has 2 heterocycles. The molecular weight excluding hydrogens is 252 g/mol. The maximum absolute atomic E-state index is 11.8. The lowest BCUT2D eigenvalue weighted by molar-refractivity contribution is -0.122. The molecule has 5 heteroatoms. The van der Waals surface area contributed by atoms with Gasteiger partial charge in [0.1, 0.15) is 5.82 Å². The van der Waals surface area contributed by atoms with Crippen LogP contribution in [-0.2, 0) is 11.3 Å². The molecule has 112 valence electrons. The second kappa shape index (κ2) is 6.88. The summed E-state index contributed by atoms with van der Waals surface area (Å²) in [4.78, 5) is 22.1. The van der Waals surface area contributed by atoms with Gasteiger partial charge in [0.15, 0.2) is 0 Å². The summed E-state index contributed by atoms with van der Waals surface area (Å²) < 4.78 is 0. The summed E-state index contributed by atoms with van der Waals surface area (Å²) in [5.74, 6) is 1.13. The lowest BCUT2D eigenvalue weighted by atomic mass is 9.98. The van der Waals surface area contributed by atoms with Gasteiger partial charge in [-0.3, -0.25) is 9.69 Å². The quantitative estimate of drug-likeness (QED) is 0.865. The molecule has 2 N–H and O–H groups in total. The van der Waals surface area contributed by atoms with Crippen LogP contribution in [0.15, 0.2) is 0 Å². The number of rotatable bonds is 5. The van der Waals surface area contributed by atoms with E-state index in [0.29, 0.717) is 19.0 Å². The number of hydrogen-bond acceptors (Lipinski definition) is 3. The lowest BCUT2D eigenvalue weighted by Gasteiger charge is -2.35. The summed E-state index contributed by atoms with van der Waals surface area (Å²) >= 11 is 0. The Kier molecular flexibility index (Phi) is 5.17. The molecule has 2 rings (SSSR count). The molecule has 1 aliphatic rings. The number of amides is 1. The van der Waals surface area contributed by atoms with Gasteiger partial charge in [0.25, 0.3) is 0 Å². The van der Waals surface area contributed by atoms with E-state index < -0.39 is 0 Å². The van der Waals surface area contributed by atoms with Gasteiger partial charge in [0, 0.05) is 31.2 Å². The third-order valence-electron chi connectivity index (χ3n) is 4.00. The Morgan fingerprint density at radius 3 is 2.90 bits per heavy atom. The summed E-state index contributed by atoms with van der Waals surface area (Å²) in [7, 11) is 0. The summed E-state index contributed by atoms with van der Waals surface area (Å²) in [6.45, 7) is 8.64. The first kappa shape index (κ1) is 15.0. The maximum Gasteiger partial charge on any atom is 0.221 e. The number of carbonyl (C=O) groups excluding carboxylic acids is 1. The molecule has 1 aliphatic heterocycles. The summed E-state index contributed by atoms with van der Waals surface area (Å²) in [6, 6.07) is 0.353. The average molecular weight is 278 g/mol. The number of nitrogens with zero attached hydrogens (tertiary/aromatic N) is 2. The van der Waals surface area contributed by atoms with Gasteiger partial charge in [-0.2, -0.15) is 0 Å². The SMILES string of the molecule is CCNC(=O)CC1CCCCN1Cc1nc(C)[nH]c1C. The highest BCUT2D eigenvalue weighted by Crippen LogP contribution is 2.22. The molecule has 1 aromatic heterocycles. The van der Waals surface area contributed by atoms with Gasteiger partial charge < -0.3 is 10.3 Å². The van der Waals surface area contributed by atoms with Crippen LogP contribution in [0.25, 0.3) is 0 Å². The number of aromatic nitrogens is 2. The van der Waals surface area contributed by atoms with E-state index in [4.69, 9.17) is 0 Å². The molecule has 1 fully saturated rings. The van der Waals surface area contributed by atoms with E-state index in [1.165, 1.54) is 12.8 Å². The predicted octanol–water partition coefficient (Wildman–Crippen LogP) is 1.91. The van der Waals surface area contributed by atoms with Crippen molar-refractivity contribution in [2.24, 2.45) is 0 Å². The normalized spacial score (nSPS) is 20.1. The molecule has 1 atom stereocenters. The molecule has 5 nitrogen and oxygen atoms in total. The van der Waals surface area contributed by atoms with Crippen molar-refractivity contribution in [3.63, 3.8) is 0 Å². The zero-order chi connectivity index (χ0) is 14.5. The third kappa shape index (κ3) is 3.82. The van der Waals surface area contributed by atoms with Crippen LogP contribution in [0.5, 0.6) is 0 Å². The van der Waals surface area contributed by atoms with Crippen molar-refractivity contribution in [3.05, 3.63) is 17.2 Å². The van der Waals surface area contributed by atoms with Crippen LogP contribution >= 0.6 is 0 Å². The van der Waals surface area contributed by atoms with Crippen LogP contribution in [0, 0.1) is 13.8 Å². The van der Waals surface area contributed by atoms with Crippen molar-refractivity contribution in [2.45, 2.75) is 59.0 Å². The lowest BCUT2D eigenvalue weighted by Crippen LogP contribution is -2.42. The molecule has 0 bridgehead atoms. The third-order valence-corrected chi connectivity index (χ3v) is 4.00. The molecular formula is C15H26N4O. The van der Waals surface area contributed by atoms with Crippen molar-refractivity contribution >= 4 is 5.91 Å². The van der Waals surface area contributed by atoms with Gasteiger partial charge in [-0.1, -0.05) is 6.42 Å². The second-order valence-electron chi connectivity index (χ2n) is 5.67. The van der Waals surface area contributed by atoms with Gasteiger partial charge >= 0.3 is 0 Å². The van der Waals surface area contributed by atoms with Crippen LogP contribution in [0.2, 0.25) is 0 Å². The van der Waals surface area contributed by atoms with Crippen molar-refractivity contribution in [3.8, 4) is 0 Å². The fourth-order valence-electron chi connectivity index (χ4n) is 2.99. The number of likely N-dealkylation sites (tertiary alicyclic amines) is 1. The van der Waals surface area contributed by atoms with Gasteiger partial charge in [-0.05, 0) is 40.2 Å². The Bertz CT molecular complexity index is 455. The molecule has 1 saturated heterocycles. The monoisotopic (exact) mass is 278 g/mol. The van der Waals surface area contributed by atoms with E-state index in [2.05, 4.69) is 27.1 Å². The van der Waals surface area contributed by atoms with Crippen LogP contribution < -0.4 is 5.32 Å². The number of imidazole rings is 1. The number of carbonyl (C=O) groups is 1. The standard InChI is InChI=1S/C15H26N4O/c1-4-16-15(20)9-13-7-5-6-8-19(13)10-14-11(2)17-12(3)18-14/h13H,4-10H2,1-3H3,(H,16,20)(H,17,18). The summed E-state index contributed by atoms with van der Waals surface area (Å²) in [5.41, 5.74) is 2.26. The first-order chi connectivity index (χ1) is 9.60. The van der Waals surface area contributed by atoms with Crippen molar-refractivity contribution in [1.82, 2.24) is 20.2 Å². The predicted molar refractivity (Wildman–Crippen MR) is 79.4 cm³/mol. The summed E-state index contributed by atoms with van der Waals surface area (Å²) in [6.07, 6.45) is 4.16. The first-order valence-electron chi connectivity index (χ1n) is 7.63. The largest absolute Gasteiger partial charge is 0.356 e. The van der Waals surface area contributed by atoms with Crippen LogP contribution in [0.1, 0.15) is 49.8 Å². The van der Waals surface area contributed by atoms with E-state index in [9.17, 15) is 4.79 Å². The molecule has 1 unspecified atom stereocenters. The Hall–Kier alpha value is -1.36. The highest BCUT2D eigenvalue weighted by atomic mass is 16.1. The van der Waals surface area contributed by atoms with Gasteiger partial charge in [0.05, 0.1) is 5.69 Å². The molecule has 0 saturated carbocycles. The van der Waals surface area contributed by atoms with E-state index in [1.807, 2.05) is 13.8 Å². The Morgan fingerprint density at radius 2 is 2.25 bits per heavy atom. The topological polar surface area (TPSA) is 61.0 Å². The fraction of sp³-hybridized carbons (Fsp3) is 0.733. The van der Waals surface area contributed by atoms with Crippen LogP contribution in [0.4, 0.5) is 0 Å². The number of aryl methyl sites for hydroxylation is 2. The van der Waals surface area contributed by atoms with E-state index >= 15 is 0 Å². The zero-order valence-electron chi connectivity index (χ0n) is 12.8. The van der Waals surface area contributed by atoms with Crippen LogP contribution in [-0.4, -0.2) is 39.9 Å². The summed E-state index contributed by atoms with van der Waals surface area (Å²) in [5, 5.41) is 2.91. The van der Waals surface area contributed by atoms with Gasteiger partial charge in [-0.15, -0.1) is 0 Å². The van der Waals surface area contributed by atoms with E-state index in [1.54, 1.807) is 0 Å². The first-order valence-corrected chi connectivity index (χ1v) is 7.63. The molecule has 0 spiro atoms. The zero-order valence-corrected chi connectivity index (χ0v) is 12.8. The number of H-pyrrole nitrogens is 1. The van der Waals surface area contributed by atoms with Gasteiger partial charge in [0.2, 0.25) is 5.91 Å². The number of hydrogen-bond donors (Lipinski definition) is 2. The van der Waals surface area contributed by atoms with Crippen molar-refractivity contribution in [1.29, 1.82) is 0 Å². The maximum atomic E-state index is 11.8. The molecule has 1 aromatic rings. The number of aromatic amines is 1. The minimum absolute atomic E-state index is 0.166. The smallest absolute Gasteiger partial charge is 0.221 e. The highest BCUT2D eigenvalue weighted by molar-refractivity contribution is 5.76. The highest BCUT2D eigenvalue weighted by Gasteiger charge is 2.25. The Balaban J connectivity index is 1.99. The van der Waals surface area contributed by atoms with E-state index in [-0.39, 0.29) is 5.91 Å². The number of piperidine rings is 1. The van der Waals surface area contributed by atoms with Crippen molar-refractivity contribution in [2.75, 3.05) is 13.1 Å². The minimum Gasteiger partial charge on any atom is -0.356 e. The van der Waals surface area contributed by atoms with Crippen molar-refractivity contribution < 1.29 is 4.79 Å². The molecule has 0 aliphatic carbocycles. The Morgan fingerprint density at radius 1 is 1.45 bits per heavy atom. The average Bonchev–Trinajstić information content (AvgIpc) is 2.70. The second-order valence-corrected chi connectivity index (χ2v) is 5.67. The number of nitrogens with one attached hydrogen (secondary N) is 2. The fourth-order valence-corrected chi connectivity index (χ4v) is 2.99. The molecule has 0 aromatic carbocycles. The molecule has 20 heavy (non-hydrogen) atoms. The molecule has 1 amide bonds. The molecule has 0 radical (unpaired) electrons. The van der Waals surface area contributed by atoms with E-state index in [0.717, 1.165) is 36.7 Å². The van der Waals surface area contributed by atoms with Crippen LogP contribution in [0.3, 0.4) is 0 Å². The Labute approximate surface area is 121 Å². The van der Waals surface area contributed by atoms with Gasteiger partial charge in [-0.25, -0.2) is 4.98 Å².